The van der Waals surface area contributed by atoms with Gasteiger partial charge in [0.25, 0.3) is 33.8 Å². The van der Waals surface area contributed by atoms with Crippen molar-refractivity contribution in [2.24, 2.45) is 0 Å². The van der Waals surface area contributed by atoms with Crippen molar-refractivity contribution < 1.29 is 63.1 Å². The highest BCUT2D eigenvalue weighted by Gasteiger charge is 2.44. The predicted molar refractivity (Wildman–Crippen MR) is 230 cm³/mol. The van der Waals surface area contributed by atoms with Gasteiger partial charge in [0.2, 0.25) is 5.91 Å². The number of carbonyl (C=O) groups excluding carboxylic acids is 3. The van der Waals surface area contributed by atoms with Gasteiger partial charge in [-0.15, -0.1) is 0 Å². The SMILES string of the molecule is C=C1C[C@@H]2C(O[SH](=O)=O)Nc3cc(OCCP(=O)(CCOc4cc5c(cc4OC)C(=O)N4CC(=C)C[C@H]4C(O[SH](=O)=O)N5)CN(C)C(=O)CCCS)c(OC)cc3C(=O)N2C1. The lowest BCUT2D eigenvalue weighted by Gasteiger charge is -2.26. The summed E-state index contributed by atoms with van der Waals surface area (Å²) in [6, 6.07) is 4.67. The fourth-order valence-electron chi connectivity index (χ4n) is 7.87. The Balaban J connectivity index is 1.21. The predicted octanol–water partition coefficient (Wildman–Crippen LogP) is 2.78. The highest BCUT2D eigenvalue weighted by atomic mass is 32.2. The monoisotopic (exact) mass is 927 g/mol. The van der Waals surface area contributed by atoms with E-state index in [-0.39, 0.29) is 115 Å². The number of ether oxygens (including phenoxy) is 4. The van der Waals surface area contributed by atoms with Gasteiger partial charge >= 0.3 is 0 Å². The summed E-state index contributed by atoms with van der Waals surface area (Å²) in [4.78, 5) is 44.8. The van der Waals surface area contributed by atoms with Crippen molar-refractivity contribution in [3.8, 4) is 23.0 Å². The molecule has 0 spiro atoms. The number of carbonyl (C=O) groups is 3. The number of benzene rings is 2. The van der Waals surface area contributed by atoms with E-state index in [2.05, 4.69) is 36.4 Å². The molecule has 0 saturated carbocycles. The third-order valence-electron chi connectivity index (χ3n) is 10.8. The number of nitrogens with zero attached hydrogens (tertiary/aromatic N) is 3. The number of hydrogen-bond donors (Lipinski definition) is 5. The van der Waals surface area contributed by atoms with E-state index in [1.807, 2.05) is 0 Å². The Morgan fingerprint density at radius 3 is 1.64 bits per heavy atom. The summed E-state index contributed by atoms with van der Waals surface area (Å²) < 4.78 is 95.3. The maximum absolute atomic E-state index is 14.8. The van der Waals surface area contributed by atoms with Gasteiger partial charge in [0.05, 0.1) is 68.3 Å². The minimum atomic E-state index is -3.34. The largest absolute Gasteiger partial charge is 0.493 e. The molecular formula is C38H50N5O14PS3. The van der Waals surface area contributed by atoms with Crippen molar-refractivity contribution in [3.05, 3.63) is 59.7 Å². The number of anilines is 2. The molecule has 4 aliphatic heterocycles. The van der Waals surface area contributed by atoms with E-state index < -0.39 is 53.7 Å². The Bertz CT molecular complexity index is 2130. The van der Waals surface area contributed by atoms with Crippen molar-refractivity contribution in [3.63, 3.8) is 0 Å². The standard InChI is InChI=1S/C38H50N5O14PS3/c1-22-13-28-35(56-60(48)49)39-26-17-32(30(52-4)15-24(26)37(45)42(28)19-22)54-8-10-58(47,21-41(3)34(44)7-6-12-59)11-9-55-33-18-27-25(16-31(33)53-5)38(46)43-20-23(2)14-29(43)36(40-27)57-61(50)51/h15-18,28-29,35-36,39-40,59-61H,1-2,6-14,19-21H2,3-5H3/t28-,29+,35?,36?,58?. The maximum Gasteiger partial charge on any atom is 0.259 e. The molecule has 2 fully saturated rings. The van der Waals surface area contributed by atoms with Crippen molar-refractivity contribution >= 4 is 70.8 Å². The molecule has 0 bridgehead atoms. The molecule has 2 aromatic carbocycles. The molecule has 0 radical (unpaired) electrons. The number of thiol groups is 3. The molecule has 3 unspecified atom stereocenters. The van der Waals surface area contributed by atoms with E-state index in [9.17, 15) is 35.8 Å². The number of amides is 3. The average molecular weight is 928 g/mol. The van der Waals surface area contributed by atoms with Crippen molar-refractivity contribution in [2.45, 2.75) is 50.2 Å². The van der Waals surface area contributed by atoms with Crippen LogP contribution in [-0.4, -0.2) is 146 Å². The second kappa shape index (κ2) is 19.7. The molecule has 23 heteroatoms. The van der Waals surface area contributed by atoms with Crippen LogP contribution in [0.4, 0.5) is 11.4 Å². The first-order chi connectivity index (χ1) is 29.0. The fraction of sp³-hybridized carbons (Fsp3) is 0.500. The summed E-state index contributed by atoms with van der Waals surface area (Å²) in [6.07, 6.45) is -0.970. The fourth-order valence-corrected chi connectivity index (χ4v) is 11.1. The van der Waals surface area contributed by atoms with Crippen LogP contribution in [0.2, 0.25) is 0 Å². The van der Waals surface area contributed by atoms with Crippen LogP contribution in [0.25, 0.3) is 0 Å². The lowest BCUT2D eigenvalue weighted by atomic mass is 10.1. The van der Waals surface area contributed by atoms with Gasteiger partial charge in [-0.05, 0) is 37.1 Å². The first-order valence-corrected chi connectivity index (χ1v) is 24.4. The number of nitrogens with one attached hydrogen (secondary N) is 2. The third kappa shape index (κ3) is 10.6. The topological polar surface area (TPSA) is 226 Å². The second-order valence-electron chi connectivity index (χ2n) is 15.1. The molecule has 2 N–H and O–H groups in total. The van der Waals surface area contributed by atoms with E-state index in [0.717, 1.165) is 11.1 Å². The normalized spacial score (nSPS) is 21.7. The number of rotatable bonds is 19. The van der Waals surface area contributed by atoms with Gasteiger partial charge in [-0.1, -0.05) is 24.3 Å². The molecule has 61 heavy (non-hydrogen) atoms. The van der Waals surface area contributed by atoms with Gasteiger partial charge in [0.15, 0.2) is 35.5 Å². The number of hydrogen-bond acceptors (Lipinski definition) is 17. The van der Waals surface area contributed by atoms with E-state index >= 15 is 0 Å². The summed E-state index contributed by atoms with van der Waals surface area (Å²) in [7, 11) is -5.55. The maximum atomic E-state index is 14.8. The van der Waals surface area contributed by atoms with Crippen molar-refractivity contribution in [1.82, 2.24) is 14.7 Å². The van der Waals surface area contributed by atoms with Gasteiger partial charge in [0.1, 0.15) is 7.14 Å². The van der Waals surface area contributed by atoms with Crippen LogP contribution in [0.3, 0.4) is 0 Å². The smallest absolute Gasteiger partial charge is 0.259 e. The first kappa shape index (κ1) is 46.0. The van der Waals surface area contributed by atoms with Crippen molar-refractivity contribution in [2.75, 3.05) is 82.6 Å². The highest BCUT2D eigenvalue weighted by Crippen LogP contribution is 2.47. The summed E-state index contributed by atoms with van der Waals surface area (Å²) in [5.74, 6) is 0.238. The Labute approximate surface area is 362 Å². The van der Waals surface area contributed by atoms with Crippen LogP contribution in [0.15, 0.2) is 48.6 Å². The minimum Gasteiger partial charge on any atom is -0.493 e. The molecule has 0 aromatic heterocycles. The Morgan fingerprint density at radius 1 is 0.803 bits per heavy atom. The molecule has 6 rings (SSSR count). The quantitative estimate of drug-likeness (QED) is 0.0776. The van der Waals surface area contributed by atoms with Crippen LogP contribution < -0.4 is 29.6 Å². The Hall–Kier alpha value is -4.47. The molecule has 3 amide bonds. The van der Waals surface area contributed by atoms with E-state index in [0.29, 0.717) is 25.0 Å². The van der Waals surface area contributed by atoms with Crippen LogP contribution in [0.1, 0.15) is 46.4 Å². The first-order valence-electron chi connectivity index (χ1n) is 19.3. The molecule has 2 saturated heterocycles. The van der Waals surface area contributed by atoms with Crippen molar-refractivity contribution in [1.29, 1.82) is 0 Å². The highest BCUT2D eigenvalue weighted by molar-refractivity contribution is 7.80. The zero-order valence-corrected chi connectivity index (χ0v) is 37.4. The molecular weight excluding hydrogens is 878 g/mol. The van der Waals surface area contributed by atoms with Gasteiger partial charge < -0.3 is 48.8 Å². The van der Waals surface area contributed by atoms with Crippen LogP contribution in [0, 0.1) is 0 Å². The van der Waals surface area contributed by atoms with Gasteiger partial charge in [0, 0.05) is 51.0 Å². The lowest BCUT2D eigenvalue weighted by Crippen LogP contribution is -2.44. The molecule has 0 aliphatic carbocycles. The van der Waals surface area contributed by atoms with Gasteiger partial charge in [-0.25, -0.2) is 25.2 Å². The summed E-state index contributed by atoms with van der Waals surface area (Å²) in [5.41, 5.74) is 2.36. The summed E-state index contributed by atoms with van der Waals surface area (Å²) >= 11 is 4.20. The molecule has 19 nitrogen and oxygen atoms in total. The lowest BCUT2D eigenvalue weighted by molar-refractivity contribution is -0.129. The van der Waals surface area contributed by atoms with E-state index in [1.54, 1.807) is 7.05 Å². The summed E-state index contributed by atoms with van der Waals surface area (Å²) in [6.45, 7) is 8.13. The molecule has 4 heterocycles. The van der Waals surface area contributed by atoms with E-state index in [1.165, 1.54) is 53.2 Å². The van der Waals surface area contributed by atoms with Crippen LogP contribution in [0.5, 0.6) is 23.0 Å². The second-order valence-corrected chi connectivity index (χ2v) is 20.1. The number of fused-ring (bicyclic) bond motifs is 4. The third-order valence-corrected chi connectivity index (χ3v) is 14.9. The van der Waals surface area contributed by atoms with Gasteiger partial charge in [-0.3, -0.25) is 14.4 Å². The molecule has 5 atom stereocenters. The zero-order valence-electron chi connectivity index (χ0n) is 33.9. The minimum absolute atomic E-state index is 0.0280. The average Bonchev–Trinajstić information content (AvgIpc) is 3.76. The van der Waals surface area contributed by atoms with Crippen LogP contribution >= 0.6 is 19.8 Å². The number of methoxy groups -OCH3 is 2. The van der Waals surface area contributed by atoms with Gasteiger partial charge in [-0.2, -0.15) is 12.6 Å². The molecule has 334 valence electrons. The van der Waals surface area contributed by atoms with E-state index in [4.69, 9.17) is 27.3 Å². The molecule has 4 aliphatic rings. The Morgan fingerprint density at radius 2 is 1.25 bits per heavy atom. The summed E-state index contributed by atoms with van der Waals surface area (Å²) in [5, 5.41) is 6.06. The van der Waals surface area contributed by atoms with Crippen LogP contribution in [-0.2, 0) is 39.7 Å². The molecule has 2 aromatic rings. The Kier molecular flexibility index (Phi) is 14.9. The zero-order chi connectivity index (χ0) is 44.2.